The first-order chi connectivity index (χ1) is 14.8. The summed E-state index contributed by atoms with van der Waals surface area (Å²) in [6.07, 6.45) is 4.38. The lowest BCUT2D eigenvalue weighted by Crippen LogP contribution is -2.36. The normalized spacial score (nSPS) is 15.3. The molecule has 2 aromatic heterocycles. The molecule has 2 amide bonds. The third-order valence-corrected chi connectivity index (χ3v) is 6.33. The Morgan fingerprint density at radius 3 is 2.58 bits per heavy atom. The number of aryl methyl sites for hydroxylation is 1. The molecule has 0 saturated heterocycles. The number of methoxy groups -OCH3 is 1. The maximum atomic E-state index is 12.6. The third-order valence-electron chi connectivity index (χ3n) is 5.16. The van der Waals surface area contributed by atoms with Gasteiger partial charge in [0.15, 0.2) is 0 Å². The van der Waals surface area contributed by atoms with Crippen LogP contribution in [0.15, 0.2) is 18.3 Å². The van der Waals surface area contributed by atoms with E-state index in [0.717, 1.165) is 35.3 Å². The van der Waals surface area contributed by atoms with E-state index in [9.17, 15) is 14.4 Å². The van der Waals surface area contributed by atoms with Crippen molar-refractivity contribution in [3.05, 3.63) is 39.9 Å². The quantitative estimate of drug-likeness (QED) is 0.637. The molecule has 2 heterocycles. The first-order valence-corrected chi connectivity index (χ1v) is 11.0. The van der Waals surface area contributed by atoms with Gasteiger partial charge >= 0.3 is 5.97 Å². The maximum absolute atomic E-state index is 12.6. The Labute approximate surface area is 186 Å². The summed E-state index contributed by atoms with van der Waals surface area (Å²) in [5.41, 5.74) is 2.46. The molecule has 0 aliphatic heterocycles. The Morgan fingerprint density at radius 1 is 1.23 bits per heavy atom. The van der Waals surface area contributed by atoms with E-state index in [1.165, 1.54) is 18.4 Å². The van der Waals surface area contributed by atoms with Gasteiger partial charge in [0.1, 0.15) is 10.8 Å². The van der Waals surface area contributed by atoms with Crippen LogP contribution < -0.4 is 10.6 Å². The minimum Gasteiger partial charge on any atom is -0.465 e. The first kappa shape index (κ1) is 22.9. The van der Waals surface area contributed by atoms with Crippen LogP contribution in [0, 0.1) is 12.8 Å². The molecule has 2 N–H and O–H groups in total. The maximum Gasteiger partial charge on any atom is 0.341 e. The number of thiophene rings is 1. The van der Waals surface area contributed by atoms with E-state index in [2.05, 4.69) is 22.5 Å². The van der Waals surface area contributed by atoms with Gasteiger partial charge in [-0.25, -0.2) is 9.78 Å². The molecule has 0 saturated carbocycles. The summed E-state index contributed by atoms with van der Waals surface area (Å²) >= 11 is 1.44. The van der Waals surface area contributed by atoms with E-state index >= 15 is 0 Å². The van der Waals surface area contributed by atoms with Crippen LogP contribution in [0.3, 0.4) is 0 Å². The number of carbonyl (C=O) groups is 3. The molecule has 1 aliphatic carbocycles. The highest BCUT2D eigenvalue weighted by molar-refractivity contribution is 7.17. The number of fused-ring (bicyclic) bond motifs is 1. The van der Waals surface area contributed by atoms with E-state index < -0.39 is 5.97 Å². The average Bonchev–Trinajstić information content (AvgIpc) is 3.05. The predicted molar refractivity (Wildman–Crippen MR) is 121 cm³/mol. The average molecular weight is 445 g/mol. The van der Waals surface area contributed by atoms with Crippen LogP contribution in [0.2, 0.25) is 0 Å². The SMILES string of the molecule is COC(=O)c1c(NC(=O)CN(C)CC(=O)Nc2ccc(C)cn2)sc2c1CCC(C)C2. The third kappa shape index (κ3) is 5.89. The topological polar surface area (TPSA) is 101 Å². The lowest BCUT2D eigenvalue weighted by Gasteiger charge is -2.18. The Hall–Kier alpha value is -2.78. The zero-order chi connectivity index (χ0) is 22.5. The van der Waals surface area contributed by atoms with E-state index in [-0.39, 0.29) is 24.9 Å². The van der Waals surface area contributed by atoms with Gasteiger partial charge in [0.25, 0.3) is 0 Å². The zero-order valence-electron chi connectivity index (χ0n) is 18.3. The molecular formula is C22H28N4O4S. The van der Waals surface area contributed by atoms with Crippen molar-refractivity contribution in [3.8, 4) is 0 Å². The van der Waals surface area contributed by atoms with E-state index in [1.54, 1.807) is 24.2 Å². The van der Waals surface area contributed by atoms with Crippen molar-refractivity contribution in [2.24, 2.45) is 5.92 Å². The standard InChI is InChI=1S/C22H28N4O4S/c1-13-5-7-15-16(9-13)31-21(20(15)22(29)30-4)25-19(28)12-26(3)11-18(27)24-17-8-6-14(2)10-23-17/h6,8,10,13H,5,7,9,11-12H2,1-4H3,(H,25,28)(H,23,24,27). The second-order valence-electron chi connectivity index (χ2n) is 8.04. The van der Waals surface area contributed by atoms with Crippen molar-refractivity contribution in [3.63, 3.8) is 0 Å². The molecule has 0 aromatic carbocycles. The summed E-state index contributed by atoms with van der Waals surface area (Å²) in [4.78, 5) is 44.0. The Balaban J connectivity index is 1.60. The number of anilines is 2. The highest BCUT2D eigenvalue weighted by Crippen LogP contribution is 2.40. The monoisotopic (exact) mass is 444 g/mol. The van der Waals surface area contributed by atoms with Crippen molar-refractivity contribution < 1.29 is 19.1 Å². The molecule has 9 heteroatoms. The Bertz CT molecular complexity index is 971. The van der Waals surface area contributed by atoms with E-state index in [0.29, 0.717) is 22.3 Å². The number of ether oxygens (including phenoxy) is 1. The number of carbonyl (C=O) groups excluding carboxylic acids is 3. The van der Waals surface area contributed by atoms with Gasteiger partial charge in [-0.3, -0.25) is 14.5 Å². The van der Waals surface area contributed by atoms with Crippen molar-refractivity contribution in [1.82, 2.24) is 9.88 Å². The minimum atomic E-state index is -0.430. The van der Waals surface area contributed by atoms with Crippen LogP contribution >= 0.6 is 11.3 Å². The summed E-state index contributed by atoms with van der Waals surface area (Å²) in [6, 6.07) is 3.59. The number of nitrogens with one attached hydrogen (secondary N) is 2. The van der Waals surface area contributed by atoms with E-state index in [1.807, 2.05) is 13.0 Å². The van der Waals surface area contributed by atoms with Crippen LogP contribution in [0.5, 0.6) is 0 Å². The molecule has 1 atom stereocenters. The Kier molecular flexibility index (Phi) is 7.40. The zero-order valence-corrected chi connectivity index (χ0v) is 19.1. The number of pyridine rings is 1. The summed E-state index contributed by atoms with van der Waals surface area (Å²) < 4.78 is 4.95. The number of rotatable bonds is 7. The predicted octanol–water partition coefficient (Wildman–Crippen LogP) is 2.87. The highest BCUT2D eigenvalue weighted by Gasteiger charge is 2.29. The van der Waals surface area contributed by atoms with E-state index in [4.69, 9.17) is 4.74 Å². The summed E-state index contributed by atoms with van der Waals surface area (Å²) in [5, 5.41) is 6.09. The number of nitrogens with zero attached hydrogens (tertiary/aromatic N) is 2. The second kappa shape index (κ2) is 10.0. The molecule has 8 nitrogen and oxygen atoms in total. The first-order valence-electron chi connectivity index (χ1n) is 10.2. The molecule has 1 aliphatic rings. The number of likely N-dealkylation sites (N-methyl/N-ethyl adjacent to an activating group) is 1. The van der Waals surface area contributed by atoms with Crippen molar-refractivity contribution in [1.29, 1.82) is 0 Å². The van der Waals surface area contributed by atoms with Gasteiger partial charge in [0.05, 0.1) is 25.8 Å². The molecule has 31 heavy (non-hydrogen) atoms. The number of aromatic nitrogens is 1. The molecule has 0 spiro atoms. The second-order valence-corrected chi connectivity index (χ2v) is 9.14. The molecule has 2 aromatic rings. The fourth-order valence-corrected chi connectivity index (χ4v) is 5.01. The smallest absolute Gasteiger partial charge is 0.341 e. The van der Waals surface area contributed by atoms with Crippen LogP contribution in [0.4, 0.5) is 10.8 Å². The van der Waals surface area contributed by atoms with Gasteiger partial charge in [-0.05, 0) is 56.3 Å². The molecular weight excluding hydrogens is 416 g/mol. The van der Waals surface area contributed by atoms with Crippen molar-refractivity contribution in [2.75, 3.05) is 37.9 Å². The van der Waals surface area contributed by atoms with Crippen molar-refractivity contribution >= 4 is 39.9 Å². The summed E-state index contributed by atoms with van der Waals surface area (Å²) in [7, 11) is 3.03. The molecule has 0 bridgehead atoms. The molecule has 3 rings (SSSR count). The lowest BCUT2D eigenvalue weighted by atomic mass is 9.88. The lowest BCUT2D eigenvalue weighted by molar-refractivity contribution is -0.119. The van der Waals surface area contributed by atoms with Gasteiger partial charge in [-0.1, -0.05) is 13.0 Å². The van der Waals surface area contributed by atoms with Crippen LogP contribution in [0.1, 0.15) is 39.7 Å². The highest BCUT2D eigenvalue weighted by atomic mass is 32.1. The molecule has 0 radical (unpaired) electrons. The van der Waals surface area contributed by atoms with Gasteiger partial charge in [0.2, 0.25) is 11.8 Å². The van der Waals surface area contributed by atoms with Crippen LogP contribution in [0.25, 0.3) is 0 Å². The fourth-order valence-electron chi connectivity index (χ4n) is 3.59. The van der Waals surface area contributed by atoms with Gasteiger partial charge in [-0.2, -0.15) is 0 Å². The number of hydrogen-bond donors (Lipinski definition) is 2. The van der Waals surface area contributed by atoms with Gasteiger partial charge in [0, 0.05) is 11.1 Å². The molecule has 166 valence electrons. The van der Waals surface area contributed by atoms with Gasteiger partial charge < -0.3 is 15.4 Å². The van der Waals surface area contributed by atoms with Crippen LogP contribution in [-0.2, 0) is 27.2 Å². The number of esters is 1. The van der Waals surface area contributed by atoms with Crippen LogP contribution in [-0.4, -0.2) is 54.9 Å². The number of hydrogen-bond acceptors (Lipinski definition) is 7. The summed E-state index contributed by atoms with van der Waals surface area (Å²) in [5.74, 6) is 0.0335. The molecule has 0 fully saturated rings. The van der Waals surface area contributed by atoms with Gasteiger partial charge in [-0.15, -0.1) is 11.3 Å². The number of amides is 2. The molecule has 1 unspecified atom stereocenters. The summed E-state index contributed by atoms with van der Waals surface area (Å²) in [6.45, 7) is 4.14. The fraction of sp³-hybridized carbons (Fsp3) is 0.455. The largest absolute Gasteiger partial charge is 0.465 e. The van der Waals surface area contributed by atoms with Crippen molar-refractivity contribution in [2.45, 2.75) is 33.1 Å². The minimum absolute atomic E-state index is 0.00826. The Morgan fingerprint density at radius 2 is 1.94 bits per heavy atom.